The monoisotopic (exact) mass is 320 g/mol. The Balaban J connectivity index is 2.89. The minimum atomic E-state index is -5.75. The standard InChI is InChI=1S/C13H18F6O2/c1-7-4-5-9(6-8(7)2)21-10(20)11(3,12(14,15)16)13(17,18)19/h7-9H,4-6H2,1-3H3/t7-,8-,9-/m0/s1. The lowest BCUT2D eigenvalue weighted by molar-refractivity contribution is -0.327. The van der Waals surface area contributed by atoms with Crippen molar-refractivity contribution in [1.29, 1.82) is 0 Å². The number of halogens is 6. The highest BCUT2D eigenvalue weighted by molar-refractivity contribution is 5.78. The molecule has 0 unspecified atom stereocenters. The van der Waals surface area contributed by atoms with Gasteiger partial charge in [-0.05, 0) is 38.0 Å². The summed E-state index contributed by atoms with van der Waals surface area (Å²) in [6.07, 6.45) is -11.2. The molecule has 2 nitrogen and oxygen atoms in total. The maximum atomic E-state index is 12.7. The summed E-state index contributed by atoms with van der Waals surface area (Å²) in [6, 6.07) is 0. The van der Waals surface area contributed by atoms with E-state index in [1.165, 1.54) is 0 Å². The van der Waals surface area contributed by atoms with Crippen molar-refractivity contribution in [3.63, 3.8) is 0 Å². The number of esters is 1. The predicted octanol–water partition coefficient (Wildman–Crippen LogP) is 4.49. The Bertz CT molecular complexity index is 373. The summed E-state index contributed by atoms with van der Waals surface area (Å²) in [5.41, 5.74) is -4.49. The third kappa shape index (κ3) is 3.45. The Morgan fingerprint density at radius 2 is 1.43 bits per heavy atom. The molecule has 0 aliphatic heterocycles. The van der Waals surface area contributed by atoms with Gasteiger partial charge in [-0.25, -0.2) is 0 Å². The molecule has 3 atom stereocenters. The summed E-state index contributed by atoms with van der Waals surface area (Å²) in [5.74, 6) is -1.88. The number of carbonyl (C=O) groups excluding carboxylic acids is 1. The normalized spacial score (nSPS) is 28.3. The van der Waals surface area contributed by atoms with Crippen molar-refractivity contribution in [3.8, 4) is 0 Å². The number of ether oxygens (including phenoxy) is 1. The summed E-state index contributed by atoms with van der Waals surface area (Å²) in [4.78, 5) is 11.6. The molecule has 21 heavy (non-hydrogen) atoms. The first kappa shape index (κ1) is 18.1. The second-order valence-electron chi connectivity index (χ2n) is 5.92. The summed E-state index contributed by atoms with van der Waals surface area (Å²) in [6.45, 7) is 3.60. The number of hydrogen-bond acceptors (Lipinski definition) is 2. The average Bonchev–Trinajstić information content (AvgIpc) is 2.29. The molecule has 0 aromatic heterocycles. The van der Waals surface area contributed by atoms with E-state index in [1.54, 1.807) is 0 Å². The first-order chi connectivity index (χ1) is 9.30. The molecule has 0 N–H and O–H groups in total. The molecule has 1 saturated carbocycles. The molecule has 0 saturated heterocycles. The topological polar surface area (TPSA) is 26.3 Å². The maximum absolute atomic E-state index is 12.7. The molecule has 1 aliphatic carbocycles. The van der Waals surface area contributed by atoms with E-state index in [0.29, 0.717) is 12.3 Å². The number of hydrogen-bond donors (Lipinski definition) is 0. The van der Waals surface area contributed by atoms with Crippen LogP contribution in [-0.4, -0.2) is 24.4 Å². The Kier molecular flexibility index (Phi) is 4.90. The largest absolute Gasteiger partial charge is 0.461 e. The van der Waals surface area contributed by atoms with E-state index in [1.807, 2.05) is 13.8 Å². The van der Waals surface area contributed by atoms with Gasteiger partial charge in [0.15, 0.2) is 0 Å². The van der Waals surface area contributed by atoms with Crippen molar-refractivity contribution in [2.24, 2.45) is 17.3 Å². The molecular weight excluding hydrogens is 302 g/mol. The van der Waals surface area contributed by atoms with Crippen molar-refractivity contribution < 1.29 is 35.9 Å². The van der Waals surface area contributed by atoms with Gasteiger partial charge in [-0.15, -0.1) is 0 Å². The summed E-state index contributed by atoms with van der Waals surface area (Å²) in [5, 5.41) is 0. The van der Waals surface area contributed by atoms with E-state index in [4.69, 9.17) is 0 Å². The van der Waals surface area contributed by atoms with Gasteiger partial charge in [0.25, 0.3) is 5.41 Å². The van der Waals surface area contributed by atoms with Crippen LogP contribution in [0, 0.1) is 17.3 Å². The highest BCUT2D eigenvalue weighted by Gasteiger charge is 2.73. The van der Waals surface area contributed by atoms with E-state index >= 15 is 0 Å². The van der Waals surface area contributed by atoms with Gasteiger partial charge in [-0.3, -0.25) is 4.79 Å². The Morgan fingerprint density at radius 1 is 0.952 bits per heavy atom. The molecule has 1 rings (SSSR count). The number of alkyl halides is 6. The first-order valence-corrected chi connectivity index (χ1v) is 6.65. The lowest BCUT2D eigenvalue weighted by Gasteiger charge is -2.36. The molecule has 1 fully saturated rings. The molecule has 0 heterocycles. The van der Waals surface area contributed by atoms with Crippen molar-refractivity contribution >= 4 is 5.97 Å². The SMILES string of the molecule is C[C@H]1CC[C@H](OC(=O)C(C)(C(F)(F)F)C(F)(F)F)C[C@@H]1C. The minimum Gasteiger partial charge on any atom is -0.461 e. The zero-order valence-electron chi connectivity index (χ0n) is 11.9. The average molecular weight is 320 g/mol. The highest BCUT2D eigenvalue weighted by Crippen LogP contribution is 2.51. The second kappa shape index (κ2) is 5.68. The van der Waals surface area contributed by atoms with Gasteiger partial charge in [0, 0.05) is 0 Å². The molecule has 0 aromatic rings. The molecular formula is C13H18F6O2. The Labute approximate surface area is 118 Å². The van der Waals surface area contributed by atoms with Crippen LogP contribution in [0.25, 0.3) is 0 Å². The van der Waals surface area contributed by atoms with Crippen LogP contribution >= 0.6 is 0 Å². The fourth-order valence-corrected chi connectivity index (χ4v) is 2.27. The van der Waals surface area contributed by atoms with Gasteiger partial charge in [-0.1, -0.05) is 13.8 Å². The fourth-order valence-electron chi connectivity index (χ4n) is 2.27. The van der Waals surface area contributed by atoms with Gasteiger partial charge in [0.2, 0.25) is 0 Å². The first-order valence-electron chi connectivity index (χ1n) is 6.65. The molecule has 0 amide bonds. The van der Waals surface area contributed by atoms with Crippen LogP contribution in [0.1, 0.15) is 40.0 Å². The third-order valence-electron chi connectivity index (χ3n) is 4.37. The minimum absolute atomic E-state index is 0.0829. The number of carbonyl (C=O) groups is 1. The lowest BCUT2D eigenvalue weighted by Crippen LogP contribution is -2.55. The Hall–Kier alpha value is -0.950. The zero-order chi connectivity index (χ0) is 16.6. The van der Waals surface area contributed by atoms with Crippen molar-refractivity contribution in [2.75, 3.05) is 0 Å². The molecule has 0 aromatic carbocycles. The molecule has 0 bridgehead atoms. The van der Waals surface area contributed by atoms with Crippen LogP contribution in [0.2, 0.25) is 0 Å². The van der Waals surface area contributed by atoms with E-state index < -0.39 is 29.8 Å². The molecule has 0 radical (unpaired) electrons. The molecule has 8 heteroatoms. The van der Waals surface area contributed by atoms with Gasteiger partial charge < -0.3 is 4.74 Å². The zero-order valence-corrected chi connectivity index (χ0v) is 11.9. The van der Waals surface area contributed by atoms with Crippen molar-refractivity contribution in [3.05, 3.63) is 0 Å². The quantitative estimate of drug-likeness (QED) is 0.554. The van der Waals surface area contributed by atoms with Crippen molar-refractivity contribution in [1.82, 2.24) is 0 Å². The van der Waals surface area contributed by atoms with Gasteiger partial charge in [0.1, 0.15) is 6.10 Å². The summed E-state index contributed by atoms with van der Waals surface area (Å²) < 4.78 is 80.9. The van der Waals surface area contributed by atoms with Crippen LogP contribution < -0.4 is 0 Å². The van der Waals surface area contributed by atoms with Gasteiger partial charge in [-0.2, -0.15) is 26.3 Å². The maximum Gasteiger partial charge on any atom is 0.413 e. The van der Waals surface area contributed by atoms with Crippen LogP contribution in [-0.2, 0) is 9.53 Å². The number of rotatable bonds is 2. The molecule has 124 valence electrons. The van der Waals surface area contributed by atoms with Gasteiger partial charge in [0.05, 0.1) is 0 Å². The van der Waals surface area contributed by atoms with Crippen LogP contribution in [0.4, 0.5) is 26.3 Å². The summed E-state index contributed by atoms with van der Waals surface area (Å²) in [7, 11) is 0. The fraction of sp³-hybridized carbons (Fsp3) is 0.923. The molecule has 0 spiro atoms. The van der Waals surface area contributed by atoms with Crippen LogP contribution in [0.3, 0.4) is 0 Å². The van der Waals surface area contributed by atoms with E-state index in [0.717, 1.165) is 0 Å². The van der Waals surface area contributed by atoms with Crippen molar-refractivity contribution in [2.45, 2.75) is 58.5 Å². The Morgan fingerprint density at radius 3 is 1.81 bits per heavy atom. The highest BCUT2D eigenvalue weighted by atomic mass is 19.4. The van der Waals surface area contributed by atoms with E-state index in [-0.39, 0.29) is 25.7 Å². The van der Waals surface area contributed by atoms with E-state index in [9.17, 15) is 31.1 Å². The molecule has 1 aliphatic rings. The van der Waals surface area contributed by atoms with Gasteiger partial charge >= 0.3 is 18.3 Å². The smallest absolute Gasteiger partial charge is 0.413 e. The van der Waals surface area contributed by atoms with Crippen LogP contribution in [0.5, 0.6) is 0 Å². The lowest BCUT2D eigenvalue weighted by atomic mass is 9.80. The summed E-state index contributed by atoms with van der Waals surface area (Å²) >= 11 is 0. The van der Waals surface area contributed by atoms with E-state index in [2.05, 4.69) is 4.74 Å². The van der Waals surface area contributed by atoms with Crippen LogP contribution in [0.15, 0.2) is 0 Å². The predicted molar refractivity (Wildman–Crippen MR) is 62.3 cm³/mol. The second-order valence-corrected chi connectivity index (χ2v) is 5.92. The third-order valence-corrected chi connectivity index (χ3v) is 4.37.